The summed E-state index contributed by atoms with van der Waals surface area (Å²) in [4.78, 5) is 0. The molecule has 0 unspecified atom stereocenters. The van der Waals surface area contributed by atoms with Gasteiger partial charge in [-0.25, -0.2) is 0 Å². The zero-order chi connectivity index (χ0) is 21.5. The molecule has 0 saturated heterocycles. The second-order valence-corrected chi connectivity index (χ2v) is 18.6. The second kappa shape index (κ2) is 6.82. The van der Waals surface area contributed by atoms with Crippen LogP contribution >= 0.6 is 0 Å². The van der Waals surface area contributed by atoms with Crippen LogP contribution in [-0.2, 0) is 4.43 Å². The molecule has 0 aliphatic heterocycles. The minimum Gasteiger partial charge on any atom is -0.413 e. The van der Waals surface area contributed by atoms with Crippen LogP contribution in [-0.4, -0.2) is 25.1 Å². The summed E-state index contributed by atoms with van der Waals surface area (Å²) < 4.78 is 7.08. The summed E-state index contributed by atoms with van der Waals surface area (Å²) in [5.74, 6) is 3.36. The standard InChI is InChI=1S/C26H48O2Si/c1-23(2,3)29(7,8)28-22-12-11-20-19-10-9-18-17-24(4,27)15-16-25(18,5)21(19)13-14-26(20,22)6/h18-22,27H,9-17H2,1-8H3/t18-,19-,20-,21-,22-,24+,25-,26-/m0/s1. The Kier molecular flexibility index (Phi) is 5.25. The van der Waals surface area contributed by atoms with Gasteiger partial charge in [0.1, 0.15) is 0 Å². The predicted molar refractivity (Wildman–Crippen MR) is 124 cm³/mol. The molecule has 29 heavy (non-hydrogen) atoms. The van der Waals surface area contributed by atoms with Crippen molar-refractivity contribution in [2.75, 3.05) is 0 Å². The molecular formula is C26H48O2Si. The van der Waals surface area contributed by atoms with Crippen LogP contribution in [0.4, 0.5) is 0 Å². The average Bonchev–Trinajstić information content (AvgIpc) is 2.90. The van der Waals surface area contributed by atoms with E-state index in [1.165, 1.54) is 44.9 Å². The Hall–Kier alpha value is 0.137. The lowest BCUT2D eigenvalue weighted by Crippen LogP contribution is -2.56. The minimum atomic E-state index is -1.72. The SMILES string of the molecule is CC(C)(C)[Si](C)(C)O[C@H]1CC[C@H]2[C@@H]3CC[C@H]4C[C@](C)(O)CC[C@]4(C)[C@H]3CC[C@]12C. The van der Waals surface area contributed by atoms with Gasteiger partial charge in [-0.05, 0) is 117 Å². The molecule has 0 bridgehead atoms. The zero-order valence-corrected chi connectivity index (χ0v) is 21.6. The van der Waals surface area contributed by atoms with Crippen LogP contribution in [0.2, 0.25) is 18.1 Å². The molecule has 4 fully saturated rings. The van der Waals surface area contributed by atoms with E-state index >= 15 is 0 Å². The van der Waals surface area contributed by atoms with Crippen LogP contribution in [0, 0.1) is 34.5 Å². The summed E-state index contributed by atoms with van der Waals surface area (Å²) in [5.41, 5.74) is 0.431. The van der Waals surface area contributed by atoms with E-state index in [1.807, 2.05) is 0 Å². The highest BCUT2D eigenvalue weighted by molar-refractivity contribution is 6.74. The molecule has 0 spiro atoms. The maximum absolute atomic E-state index is 10.7. The molecular weight excluding hydrogens is 372 g/mol. The van der Waals surface area contributed by atoms with Gasteiger partial charge < -0.3 is 9.53 Å². The molecule has 4 saturated carbocycles. The maximum Gasteiger partial charge on any atom is 0.192 e. The lowest BCUT2D eigenvalue weighted by Gasteiger charge is -2.62. The van der Waals surface area contributed by atoms with E-state index in [4.69, 9.17) is 4.43 Å². The second-order valence-electron chi connectivity index (χ2n) is 13.8. The number of hydrogen-bond donors (Lipinski definition) is 1. The fourth-order valence-corrected chi connectivity index (χ4v) is 9.56. The molecule has 0 radical (unpaired) electrons. The lowest BCUT2D eigenvalue weighted by atomic mass is 9.44. The number of aliphatic hydroxyl groups is 1. The minimum absolute atomic E-state index is 0.295. The fourth-order valence-electron chi connectivity index (χ4n) is 8.11. The highest BCUT2D eigenvalue weighted by Crippen LogP contribution is 2.67. The van der Waals surface area contributed by atoms with Gasteiger partial charge in [-0.15, -0.1) is 0 Å². The highest BCUT2D eigenvalue weighted by Gasteiger charge is 2.61. The molecule has 0 aromatic carbocycles. The van der Waals surface area contributed by atoms with Gasteiger partial charge in [-0.2, -0.15) is 0 Å². The number of fused-ring (bicyclic) bond motifs is 5. The number of hydrogen-bond acceptors (Lipinski definition) is 2. The van der Waals surface area contributed by atoms with E-state index in [9.17, 15) is 5.11 Å². The van der Waals surface area contributed by atoms with Gasteiger partial charge in [0.25, 0.3) is 0 Å². The Bertz CT molecular complexity index is 635. The van der Waals surface area contributed by atoms with E-state index in [2.05, 4.69) is 54.6 Å². The molecule has 4 aliphatic carbocycles. The van der Waals surface area contributed by atoms with E-state index in [-0.39, 0.29) is 0 Å². The molecule has 0 aromatic rings. The van der Waals surface area contributed by atoms with Crippen LogP contribution < -0.4 is 0 Å². The van der Waals surface area contributed by atoms with Crippen LogP contribution in [0.1, 0.15) is 99.3 Å². The van der Waals surface area contributed by atoms with Crippen LogP contribution in [0.3, 0.4) is 0 Å². The van der Waals surface area contributed by atoms with Crippen LogP contribution in [0.15, 0.2) is 0 Å². The third-order valence-corrected chi connectivity index (χ3v) is 15.6. The van der Waals surface area contributed by atoms with Gasteiger partial charge >= 0.3 is 0 Å². The maximum atomic E-state index is 10.7. The van der Waals surface area contributed by atoms with Gasteiger partial charge in [0.15, 0.2) is 8.32 Å². The smallest absolute Gasteiger partial charge is 0.192 e. The Morgan fingerprint density at radius 1 is 0.828 bits per heavy atom. The molecule has 4 rings (SSSR count). The van der Waals surface area contributed by atoms with E-state index in [0.717, 1.165) is 36.5 Å². The summed E-state index contributed by atoms with van der Waals surface area (Å²) >= 11 is 0. The van der Waals surface area contributed by atoms with Gasteiger partial charge in [0, 0.05) is 0 Å². The first-order valence-corrected chi connectivity index (χ1v) is 15.5. The van der Waals surface area contributed by atoms with E-state index in [1.54, 1.807) is 0 Å². The van der Waals surface area contributed by atoms with Crippen molar-refractivity contribution in [1.29, 1.82) is 0 Å². The highest BCUT2D eigenvalue weighted by atomic mass is 28.4. The van der Waals surface area contributed by atoms with Gasteiger partial charge in [0.05, 0.1) is 11.7 Å². The summed E-state index contributed by atoms with van der Waals surface area (Å²) in [6, 6.07) is 0. The average molecular weight is 421 g/mol. The van der Waals surface area contributed by atoms with Crippen molar-refractivity contribution in [3.8, 4) is 0 Å². The quantitative estimate of drug-likeness (QED) is 0.480. The Morgan fingerprint density at radius 2 is 1.48 bits per heavy atom. The van der Waals surface area contributed by atoms with Crippen molar-refractivity contribution >= 4 is 8.32 Å². The first-order chi connectivity index (χ1) is 13.2. The van der Waals surface area contributed by atoms with Crippen molar-refractivity contribution < 1.29 is 9.53 Å². The van der Waals surface area contributed by atoms with Gasteiger partial charge in [-0.1, -0.05) is 34.6 Å². The summed E-state index contributed by atoms with van der Waals surface area (Å²) in [7, 11) is -1.72. The van der Waals surface area contributed by atoms with Crippen LogP contribution in [0.25, 0.3) is 0 Å². The Labute approximate surface area is 181 Å². The predicted octanol–water partition coefficient (Wildman–Crippen LogP) is 7.17. The van der Waals surface area contributed by atoms with Gasteiger partial charge in [0.2, 0.25) is 0 Å². The van der Waals surface area contributed by atoms with Gasteiger partial charge in [-0.3, -0.25) is 0 Å². The Balaban J connectivity index is 1.54. The first-order valence-electron chi connectivity index (χ1n) is 12.6. The van der Waals surface area contributed by atoms with E-state index < -0.39 is 13.9 Å². The molecule has 168 valence electrons. The third-order valence-electron chi connectivity index (χ3n) is 11.1. The fraction of sp³-hybridized carbons (Fsp3) is 1.00. The molecule has 1 N–H and O–H groups in total. The van der Waals surface area contributed by atoms with Crippen molar-refractivity contribution in [3.05, 3.63) is 0 Å². The molecule has 0 amide bonds. The Morgan fingerprint density at radius 3 is 2.14 bits per heavy atom. The molecule has 8 atom stereocenters. The van der Waals surface area contributed by atoms with Crippen molar-refractivity contribution in [2.45, 2.75) is 129 Å². The molecule has 4 aliphatic rings. The third kappa shape index (κ3) is 3.50. The van der Waals surface area contributed by atoms with Crippen LogP contribution in [0.5, 0.6) is 0 Å². The summed E-state index contributed by atoms with van der Waals surface area (Å²) in [6.45, 7) is 19.3. The van der Waals surface area contributed by atoms with Crippen molar-refractivity contribution in [3.63, 3.8) is 0 Å². The molecule has 3 heteroatoms. The first kappa shape index (κ1) is 22.3. The topological polar surface area (TPSA) is 29.5 Å². The summed E-state index contributed by atoms with van der Waals surface area (Å²) in [5, 5.41) is 11.0. The normalized spacial score (nSPS) is 50.6. The number of rotatable bonds is 2. The summed E-state index contributed by atoms with van der Waals surface area (Å²) in [6.07, 6.45) is 11.9. The lowest BCUT2D eigenvalue weighted by molar-refractivity contribution is -0.149. The monoisotopic (exact) mass is 420 g/mol. The van der Waals surface area contributed by atoms with Crippen molar-refractivity contribution in [1.82, 2.24) is 0 Å². The molecule has 0 aromatic heterocycles. The molecule has 2 nitrogen and oxygen atoms in total. The van der Waals surface area contributed by atoms with E-state index in [0.29, 0.717) is 22.0 Å². The molecule has 0 heterocycles. The van der Waals surface area contributed by atoms with Crippen molar-refractivity contribution in [2.24, 2.45) is 34.5 Å². The zero-order valence-electron chi connectivity index (χ0n) is 20.6. The largest absolute Gasteiger partial charge is 0.413 e.